The van der Waals surface area contributed by atoms with E-state index >= 15 is 0 Å². The van der Waals surface area contributed by atoms with Crippen LogP contribution in [0.15, 0.2) is 29.2 Å². The molecule has 0 heterocycles. The van der Waals surface area contributed by atoms with Gasteiger partial charge in [-0.1, -0.05) is 19.1 Å². The van der Waals surface area contributed by atoms with Crippen molar-refractivity contribution in [3.05, 3.63) is 29.8 Å². The lowest BCUT2D eigenvalue weighted by molar-refractivity contribution is -0.124. The topological polar surface area (TPSA) is 89.5 Å². The highest BCUT2D eigenvalue weighted by Crippen LogP contribution is 2.17. The van der Waals surface area contributed by atoms with Crippen LogP contribution in [0.3, 0.4) is 0 Å². The quantitative estimate of drug-likeness (QED) is 0.796. The summed E-state index contributed by atoms with van der Waals surface area (Å²) in [5, 5.41) is 2.57. The summed E-state index contributed by atoms with van der Waals surface area (Å²) >= 11 is 0. The second-order valence-electron chi connectivity index (χ2n) is 4.70. The molecular weight excluding hydrogens is 294 g/mol. The second-order valence-corrected chi connectivity index (χ2v) is 6.94. The van der Waals surface area contributed by atoms with E-state index in [2.05, 4.69) is 5.32 Å². The molecule has 1 aromatic carbocycles. The molecule has 1 rings (SSSR count). The molecular formula is C14H19NO5S. The highest BCUT2D eigenvalue weighted by Gasteiger charge is 2.22. The van der Waals surface area contributed by atoms with Gasteiger partial charge in [-0.05, 0) is 26.0 Å². The molecule has 1 N–H and O–H groups in total. The largest absolute Gasteiger partial charge is 0.452 e. The lowest BCUT2D eigenvalue weighted by Crippen LogP contribution is -2.34. The van der Waals surface area contributed by atoms with Crippen molar-refractivity contribution in [2.24, 2.45) is 0 Å². The smallest absolute Gasteiger partial charge is 0.339 e. The highest BCUT2D eigenvalue weighted by molar-refractivity contribution is 7.91. The molecule has 1 amide bonds. The summed E-state index contributed by atoms with van der Waals surface area (Å²) in [4.78, 5) is 23.3. The number of rotatable bonds is 6. The summed E-state index contributed by atoms with van der Waals surface area (Å²) in [5.74, 6) is -1.39. The van der Waals surface area contributed by atoms with E-state index in [0.29, 0.717) is 0 Å². The van der Waals surface area contributed by atoms with Gasteiger partial charge in [-0.2, -0.15) is 0 Å². The molecule has 0 aromatic heterocycles. The van der Waals surface area contributed by atoms with E-state index in [4.69, 9.17) is 4.74 Å². The second kappa shape index (κ2) is 7.21. The zero-order valence-electron chi connectivity index (χ0n) is 12.3. The number of benzene rings is 1. The van der Waals surface area contributed by atoms with Gasteiger partial charge in [-0.3, -0.25) is 4.79 Å². The van der Waals surface area contributed by atoms with Crippen LogP contribution in [-0.2, 0) is 19.4 Å². The Hall–Kier alpha value is -1.89. The van der Waals surface area contributed by atoms with E-state index in [1.807, 2.05) is 0 Å². The third-order valence-corrected chi connectivity index (χ3v) is 4.39. The Balaban J connectivity index is 2.87. The van der Waals surface area contributed by atoms with Crippen LogP contribution in [0.5, 0.6) is 0 Å². The first-order valence-corrected chi connectivity index (χ1v) is 8.21. The van der Waals surface area contributed by atoms with Gasteiger partial charge in [0, 0.05) is 6.04 Å². The number of esters is 1. The van der Waals surface area contributed by atoms with Gasteiger partial charge >= 0.3 is 5.97 Å². The van der Waals surface area contributed by atoms with Crippen LogP contribution in [0.2, 0.25) is 0 Å². The SMILES string of the molecule is CCS(=O)(=O)c1ccccc1C(=O)OCC(=O)NC(C)C. The molecule has 0 atom stereocenters. The van der Waals surface area contributed by atoms with Gasteiger partial charge in [0.2, 0.25) is 0 Å². The lowest BCUT2D eigenvalue weighted by Gasteiger charge is -2.11. The molecule has 0 radical (unpaired) electrons. The Morgan fingerprint density at radius 2 is 1.86 bits per heavy atom. The van der Waals surface area contributed by atoms with Gasteiger partial charge in [0.25, 0.3) is 5.91 Å². The molecule has 0 fully saturated rings. The number of nitrogens with one attached hydrogen (secondary N) is 1. The Labute approximate surface area is 124 Å². The van der Waals surface area contributed by atoms with Crippen molar-refractivity contribution in [2.45, 2.75) is 31.7 Å². The van der Waals surface area contributed by atoms with Crippen LogP contribution < -0.4 is 5.32 Å². The van der Waals surface area contributed by atoms with Crippen molar-refractivity contribution >= 4 is 21.7 Å². The van der Waals surface area contributed by atoms with Crippen LogP contribution in [0.4, 0.5) is 0 Å². The first-order valence-electron chi connectivity index (χ1n) is 6.56. The van der Waals surface area contributed by atoms with Crippen LogP contribution in [0.1, 0.15) is 31.1 Å². The van der Waals surface area contributed by atoms with Crippen LogP contribution in [0, 0.1) is 0 Å². The molecule has 0 saturated heterocycles. The van der Waals surface area contributed by atoms with Gasteiger partial charge in [0.05, 0.1) is 16.2 Å². The zero-order valence-corrected chi connectivity index (χ0v) is 13.1. The van der Waals surface area contributed by atoms with Gasteiger partial charge in [-0.25, -0.2) is 13.2 Å². The maximum absolute atomic E-state index is 12.0. The first-order chi connectivity index (χ1) is 9.77. The van der Waals surface area contributed by atoms with E-state index in [1.165, 1.54) is 25.1 Å². The Kier molecular flexibility index (Phi) is 5.90. The average molecular weight is 313 g/mol. The molecule has 0 aliphatic heterocycles. The maximum atomic E-state index is 12.0. The predicted molar refractivity (Wildman–Crippen MR) is 77.7 cm³/mol. The fourth-order valence-corrected chi connectivity index (χ4v) is 2.72. The average Bonchev–Trinajstić information content (AvgIpc) is 2.44. The summed E-state index contributed by atoms with van der Waals surface area (Å²) in [6.45, 7) is 4.61. The van der Waals surface area contributed by atoms with E-state index in [0.717, 1.165) is 0 Å². The third-order valence-electron chi connectivity index (χ3n) is 2.61. The minimum Gasteiger partial charge on any atom is -0.452 e. The summed E-state index contributed by atoms with van der Waals surface area (Å²) in [7, 11) is -3.53. The van der Waals surface area contributed by atoms with Gasteiger partial charge in [0.1, 0.15) is 0 Å². The standard InChI is InChI=1S/C14H19NO5S/c1-4-21(18,19)12-8-6-5-7-11(12)14(17)20-9-13(16)15-10(2)3/h5-8,10H,4,9H2,1-3H3,(H,15,16). The summed E-state index contributed by atoms with van der Waals surface area (Å²) in [6.07, 6.45) is 0. The van der Waals surface area contributed by atoms with Crippen molar-refractivity contribution in [2.75, 3.05) is 12.4 Å². The molecule has 0 bridgehead atoms. The summed E-state index contributed by atoms with van der Waals surface area (Å²) in [6, 6.07) is 5.72. The van der Waals surface area contributed by atoms with E-state index in [1.54, 1.807) is 19.9 Å². The summed E-state index contributed by atoms with van der Waals surface area (Å²) < 4.78 is 28.7. The van der Waals surface area contributed by atoms with Gasteiger partial charge < -0.3 is 10.1 Å². The fourth-order valence-electron chi connectivity index (χ4n) is 1.63. The summed E-state index contributed by atoms with van der Waals surface area (Å²) in [5.41, 5.74) is -0.0586. The van der Waals surface area contributed by atoms with E-state index in [9.17, 15) is 18.0 Å². The molecule has 0 aliphatic rings. The number of carbonyl (C=O) groups is 2. The molecule has 7 heteroatoms. The Bertz CT molecular complexity index is 622. The molecule has 1 aromatic rings. The van der Waals surface area contributed by atoms with Crippen LogP contribution in [0.25, 0.3) is 0 Å². The zero-order chi connectivity index (χ0) is 16.0. The molecule has 0 spiro atoms. The predicted octanol–water partition coefficient (Wildman–Crippen LogP) is 1.16. The molecule has 0 saturated carbocycles. The molecule has 0 aliphatic carbocycles. The van der Waals surface area contributed by atoms with Crippen molar-refractivity contribution in [1.29, 1.82) is 0 Å². The lowest BCUT2D eigenvalue weighted by atomic mass is 10.2. The van der Waals surface area contributed by atoms with Gasteiger partial charge in [-0.15, -0.1) is 0 Å². The Morgan fingerprint density at radius 3 is 2.43 bits per heavy atom. The molecule has 0 unspecified atom stereocenters. The number of sulfone groups is 1. The Morgan fingerprint density at radius 1 is 1.24 bits per heavy atom. The number of ether oxygens (including phenoxy) is 1. The van der Waals surface area contributed by atoms with Gasteiger partial charge in [0.15, 0.2) is 16.4 Å². The van der Waals surface area contributed by atoms with Crippen molar-refractivity contribution in [1.82, 2.24) is 5.32 Å². The van der Waals surface area contributed by atoms with E-state index in [-0.39, 0.29) is 22.3 Å². The minimum absolute atomic E-state index is 0.0586. The molecule has 116 valence electrons. The fraction of sp³-hybridized carbons (Fsp3) is 0.429. The number of carbonyl (C=O) groups excluding carboxylic acids is 2. The molecule has 6 nitrogen and oxygen atoms in total. The van der Waals surface area contributed by atoms with Crippen molar-refractivity contribution in [3.63, 3.8) is 0 Å². The third kappa shape index (κ3) is 4.86. The van der Waals surface area contributed by atoms with Crippen molar-refractivity contribution in [3.8, 4) is 0 Å². The highest BCUT2D eigenvalue weighted by atomic mass is 32.2. The van der Waals surface area contributed by atoms with E-state index < -0.39 is 28.3 Å². The first kappa shape index (κ1) is 17.2. The van der Waals surface area contributed by atoms with Crippen LogP contribution >= 0.6 is 0 Å². The number of amides is 1. The maximum Gasteiger partial charge on any atom is 0.339 e. The normalized spacial score (nSPS) is 11.2. The van der Waals surface area contributed by atoms with Crippen molar-refractivity contribution < 1.29 is 22.7 Å². The minimum atomic E-state index is -3.53. The van der Waals surface area contributed by atoms with Crippen LogP contribution in [-0.4, -0.2) is 38.7 Å². The monoisotopic (exact) mass is 313 g/mol. The number of hydrogen-bond acceptors (Lipinski definition) is 5. The number of hydrogen-bond donors (Lipinski definition) is 1. The molecule has 21 heavy (non-hydrogen) atoms.